The maximum atomic E-state index is 2.56. The number of hydrogen-bond acceptors (Lipinski definition) is 0. The van der Waals surface area contributed by atoms with E-state index in [9.17, 15) is 0 Å². The van der Waals surface area contributed by atoms with Crippen LogP contribution in [0.4, 0.5) is 0 Å². The standard InChI is InChI=1S/C20H38/c1-7-9-14-20(6)16-17(3)15-19(5,8-2)13-11-10-12-18(20)4/h12,17H,7-11,13-16H2,1-6H3. The molecule has 0 aromatic carbocycles. The summed E-state index contributed by atoms with van der Waals surface area (Å²) in [7, 11) is 0. The zero-order valence-electron chi connectivity index (χ0n) is 15.0. The van der Waals surface area contributed by atoms with Gasteiger partial charge in [-0.3, -0.25) is 0 Å². The van der Waals surface area contributed by atoms with Crippen molar-refractivity contribution in [2.45, 2.75) is 99.3 Å². The van der Waals surface area contributed by atoms with Crippen molar-refractivity contribution in [2.24, 2.45) is 16.7 Å². The Balaban J connectivity index is 2.90. The van der Waals surface area contributed by atoms with Crippen LogP contribution in [0.25, 0.3) is 0 Å². The number of rotatable bonds is 4. The predicted molar refractivity (Wildman–Crippen MR) is 92.0 cm³/mol. The highest BCUT2D eigenvalue weighted by Gasteiger charge is 2.32. The molecule has 1 aliphatic carbocycles. The first-order chi connectivity index (χ1) is 9.35. The van der Waals surface area contributed by atoms with Crippen molar-refractivity contribution in [1.29, 1.82) is 0 Å². The molecule has 0 aliphatic heterocycles. The van der Waals surface area contributed by atoms with Crippen LogP contribution in [0.15, 0.2) is 11.6 Å². The molecule has 0 fully saturated rings. The van der Waals surface area contributed by atoms with Gasteiger partial charge < -0.3 is 0 Å². The van der Waals surface area contributed by atoms with Crippen LogP contribution in [-0.2, 0) is 0 Å². The van der Waals surface area contributed by atoms with Crippen LogP contribution >= 0.6 is 0 Å². The van der Waals surface area contributed by atoms with Gasteiger partial charge in [-0.15, -0.1) is 0 Å². The normalized spacial score (nSPS) is 36.5. The average molecular weight is 279 g/mol. The molecule has 1 rings (SSSR count). The van der Waals surface area contributed by atoms with Gasteiger partial charge in [-0.25, -0.2) is 0 Å². The van der Waals surface area contributed by atoms with Gasteiger partial charge in [-0.1, -0.05) is 65.5 Å². The molecule has 0 saturated carbocycles. The summed E-state index contributed by atoms with van der Waals surface area (Å²) in [6.07, 6.45) is 14.8. The molecule has 0 amide bonds. The third-order valence-corrected chi connectivity index (χ3v) is 5.96. The highest BCUT2D eigenvalue weighted by molar-refractivity contribution is 5.11. The highest BCUT2D eigenvalue weighted by Crippen LogP contribution is 2.45. The minimum absolute atomic E-state index is 0.446. The second-order valence-corrected chi connectivity index (χ2v) is 8.12. The molecule has 0 radical (unpaired) electrons. The predicted octanol–water partition coefficient (Wildman–Crippen LogP) is 7.15. The average Bonchev–Trinajstić information content (AvgIpc) is 2.40. The quantitative estimate of drug-likeness (QED) is 0.479. The van der Waals surface area contributed by atoms with Crippen LogP contribution in [-0.4, -0.2) is 0 Å². The molecule has 3 atom stereocenters. The molecular formula is C20H38. The molecule has 3 unspecified atom stereocenters. The van der Waals surface area contributed by atoms with Gasteiger partial charge in [0.2, 0.25) is 0 Å². The van der Waals surface area contributed by atoms with E-state index in [1.807, 2.05) is 0 Å². The summed E-state index contributed by atoms with van der Waals surface area (Å²) in [5.74, 6) is 0.850. The molecule has 0 aromatic heterocycles. The lowest BCUT2D eigenvalue weighted by molar-refractivity contribution is 0.171. The topological polar surface area (TPSA) is 0 Å². The van der Waals surface area contributed by atoms with E-state index in [0.717, 1.165) is 5.92 Å². The zero-order chi connectivity index (χ0) is 15.2. The van der Waals surface area contributed by atoms with Crippen molar-refractivity contribution < 1.29 is 0 Å². The van der Waals surface area contributed by atoms with Gasteiger partial charge in [0.05, 0.1) is 0 Å². The molecule has 1 aliphatic rings. The first-order valence-electron chi connectivity index (χ1n) is 9.02. The summed E-state index contributed by atoms with van der Waals surface area (Å²) < 4.78 is 0. The van der Waals surface area contributed by atoms with E-state index < -0.39 is 0 Å². The van der Waals surface area contributed by atoms with E-state index in [1.165, 1.54) is 57.8 Å². The van der Waals surface area contributed by atoms with E-state index >= 15 is 0 Å². The molecule has 0 N–H and O–H groups in total. The largest absolute Gasteiger partial charge is 0.0851 e. The van der Waals surface area contributed by atoms with Crippen LogP contribution in [0, 0.1) is 16.7 Å². The van der Waals surface area contributed by atoms with E-state index in [0.29, 0.717) is 10.8 Å². The van der Waals surface area contributed by atoms with Crippen molar-refractivity contribution in [3.63, 3.8) is 0 Å². The van der Waals surface area contributed by atoms with Crippen LogP contribution in [0.5, 0.6) is 0 Å². The summed E-state index contributed by atoms with van der Waals surface area (Å²) >= 11 is 0. The maximum absolute atomic E-state index is 2.56. The first-order valence-corrected chi connectivity index (χ1v) is 9.02. The van der Waals surface area contributed by atoms with Crippen molar-refractivity contribution in [3.05, 3.63) is 11.6 Å². The summed E-state index contributed by atoms with van der Waals surface area (Å²) in [5, 5.41) is 0. The Kier molecular flexibility index (Phi) is 6.82. The zero-order valence-corrected chi connectivity index (χ0v) is 15.0. The summed E-state index contributed by atoms with van der Waals surface area (Å²) in [5.41, 5.74) is 2.68. The number of hydrogen-bond donors (Lipinski definition) is 0. The van der Waals surface area contributed by atoms with Crippen LogP contribution in [0.2, 0.25) is 0 Å². The lowest BCUT2D eigenvalue weighted by Gasteiger charge is -2.39. The molecule has 0 aromatic rings. The van der Waals surface area contributed by atoms with Crippen molar-refractivity contribution in [2.75, 3.05) is 0 Å². The van der Waals surface area contributed by atoms with E-state index in [4.69, 9.17) is 0 Å². The van der Waals surface area contributed by atoms with E-state index in [1.54, 1.807) is 5.57 Å². The van der Waals surface area contributed by atoms with Gasteiger partial charge in [-0.05, 0) is 62.2 Å². The van der Waals surface area contributed by atoms with E-state index in [-0.39, 0.29) is 0 Å². The Morgan fingerprint density at radius 3 is 2.50 bits per heavy atom. The Hall–Kier alpha value is -0.260. The summed E-state index contributed by atoms with van der Waals surface area (Å²) in [4.78, 5) is 0. The molecule has 0 saturated heterocycles. The van der Waals surface area contributed by atoms with Crippen molar-refractivity contribution in [1.82, 2.24) is 0 Å². The first kappa shape index (κ1) is 17.8. The second kappa shape index (κ2) is 7.66. The van der Waals surface area contributed by atoms with E-state index in [2.05, 4.69) is 47.6 Å². The van der Waals surface area contributed by atoms with Crippen LogP contribution < -0.4 is 0 Å². The van der Waals surface area contributed by atoms with Gasteiger partial charge in [-0.2, -0.15) is 0 Å². The second-order valence-electron chi connectivity index (χ2n) is 8.12. The molecule has 0 nitrogen and oxygen atoms in total. The fraction of sp³-hybridized carbons (Fsp3) is 0.900. The van der Waals surface area contributed by atoms with Crippen molar-refractivity contribution >= 4 is 0 Å². The van der Waals surface area contributed by atoms with Crippen LogP contribution in [0.1, 0.15) is 99.3 Å². The van der Waals surface area contributed by atoms with Gasteiger partial charge in [0.15, 0.2) is 0 Å². The number of allylic oxidation sites excluding steroid dienone is 2. The molecule has 118 valence electrons. The minimum atomic E-state index is 0.446. The lowest BCUT2D eigenvalue weighted by Crippen LogP contribution is -2.26. The third kappa shape index (κ3) is 4.93. The van der Waals surface area contributed by atoms with Crippen molar-refractivity contribution in [3.8, 4) is 0 Å². The Morgan fingerprint density at radius 1 is 1.20 bits per heavy atom. The Bertz CT molecular complexity index is 314. The van der Waals surface area contributed by atoms with Crippen LogP contribution in [0.3, 0.4) is 0 Å². The van der Waals surface area contributed by atoms with Gasteiger partial charge in [0, 0.05) is 0 Å². The fourth-order valence-electron chi connectivity index (χ4n) is 4.23. The summed E-state index contributed by atoms with van der Waals surface area (Å²) in [6.45, 7) is 14.6. The fourth-order valence-corrected chi connectivity index (χ4v) is 4.23. The van der Waals surface area contributed by atoms with Gasteiger partial charge in [0.1, 0.15) is 0 Å². The Labute approximate surface area is 128 Å². The smallest absolute Gasteiger partial charge is 0.0117 e. The number of unbranched alkanes of at least 4 members (excludes halogenated alkanes) is 1. The molecule has 0 heteroatoms. The summed E-state index contributed by atoms with van der Waals surface area (Å²) in [6, 6.07) is 0. The molecule has 20 heavy (non-hydrogen) atoms. The Morgan fingerprint density at radius 2 is 1.90 bits per heavy atom. The monoisotopic (exact) mass is 278 g/mol. The maximum Gasteiger partial charge on any atom is -0.0117 e. The highest BCUT2D eigenvalue weighted by atomic mass is 14.4. The molecule has 0 spiro atoms. The SMILES string of the molecule is CCCCC1(C)CC(C)CC(C)(CC)CCCC=C1C. The molecule has 0 heterocycles. The van der Waals surface area contributed by atoms with Gasteiger partial charge >= 0.3 is 0 Å². The van der Waals surface area contributed by atoms with Gasteiger partial charge in [0.25, 0.3) is 0 Å². The lowest BCUT2D eigenvalue weighted by atomic mass is 9.67. The minimum Gasteiger partial charge on any atom is -0.0851 e. The molecular weight excluding hydrogens is 240 g/mol. The third-order valence-electron chi connectivity index (χ3n) is 5.96. The molecule has 0 bridgehead atoms.